The largest absolute Gasteiger partial charge is 0.494 e. The van der Waals surface area contributed by atoms with Crippen LogP contribution in [-0.4, -0.2) is 18.9 Å². The van der Waals surface area contributed by atoms with Crippen LogP contribution >= 0.6 is 0 Å². The van der Waals surface area contributed by atoms with Crippen LogP contribution in [0.3, 0.4) is 0 Å². The third-order valence-electron chi connectivity index (χ3n) is 3.33. The molecule has 2 amide bonds. The minimum Gasteiger partial charge on any atom is -0.494 e. The third kappa shape index (κ3) is 4.32. The van der Waals surface area contributed by atoms with Crippen molar-refractivity contribution in [2.75, 3.05) is 17.7 Å². The van der Waals surface area contributed by atoms with Crippen LogP contribution in [0.2, 0.25) is 0 Å². The summed E-state index contributed by atoms with van der Waals surface area (Å²) in [5.74, 6) is -1.25. The molecule has 0 saturated carbocycles. The van der Waals surface area contributed by atoms with Gasteiger partial charge in [0, 0.05) is 22.9 Å². The fraction of sp³-hybridized carbons (Fsp3) is 0.222. The molecule has 0 aliphatic carbocycles. The van der Waals surface area contributed by atoms with Crippen molar-refractivity contribution in [3.8, 4) is 5.75 Å². The minimum atomic E-state index is -0.608. The molecule has 2 aromatic carbocycles. The van der Waals surface area contributed by atoms with Crippen molar-refractivity contribution in [2.45, 2.75) is 13.8 Å². The molecule has 2 N–H and O–H groups in total. The highest BCUT2D eigenvalue weighted by molar-refractivity contribution is 6.04. The van der Waals surface area contributed by atoms with Gasteiger partial charge >= 0.3 is 0 Å². The number of hydrogen-bond donors (Lipinski definition) is 2. The lowest BCUT2D eigenvalue weighted by Gasteiger charge is -2.10. The van der Waals surface area contributed by atoms with Gasteiger partial charge in [-0.1, -0.05) is 19.9 Å². The van der Waals surface area contributed by atoms with E-state index in [1.54, 1.807) is 38.1 Å². The fourth-order valence-electron chi connectivity index (χ4n) is 1.97. The second-order valence-electron chi connectivity index (χ2n) is 5.53. The van der Waals surface area contributed by atoms with Gasteiger partial charge in [0.2, 0.25) is 5.91 Å². The number of carbonyl (C=O) groups excluding carboxylic acids is 2. The molecule has 0 bridgehead atoms. The van der Waals surface area contributed by atoms with Crippen LogP contribution in [0.1, 0.15) is 24.2 Å². The standard InChI is InChI=1S/C18H19FN2O3/c1-11(2)17(22)20-13-5-4-6-14(10-13)21-18(23)12-7-8-16(24-3)15(19)9-12/h4-11H,1-3H3,(H,20,22)(H,21,23). The van der Waals surface area contributed by atoms with E-state index in [4.69, 9.17) is 4.74 Å². The van der Waals surface area contributed by atoms with Crippen molar-refractivity contribution >= 4 is 23.2 Å². The van der Waals surface area contributed by atoms with Gasteiger partial charge in [-0.25, -0.2) is 4.39 Å². The average Bonchev–Trinajstić information content (AvgIpc) is 2.54. The Labute approximate surface area is 139 Å². The molecule has 24 heavy (non-hydrogen) atoms. The lowest BCUT2D eigenvalue weighted by Crippen LogP contribution is -2.18. The molecule has 126 valence electrons. The van der Waals surface area contributed by atoms with Crippen molar-refractivity contribution in [2.24, 2.45) is 5.92 Å². The van der Waals surface area contributed by atoms with Gasteiger partial charge in [0.05, 0.1) is 7.11 Å². The van der Waals surface area contributed by atoms with Gasteiger partial charge < -0.3 is 15.4 Å². The van der Waals surface area contributed by atoms with Gasteiger partial charge in [0.25, 0.3) is 5.91 Å². The first-order valence-corrected chi connectivity index (χ1v) is 7.46. The molecule has 0 heterocycles. The molecule has 0 aliphatic rings. The van der Waals surface area contributed by atoms with Gasteiger partial charge in [0.15, 0.2) is 11.6 Å². The zero-order valence-corrected chi connectivity index (χ0v) is 13.7. The summed E-state index contributed by atoms with van der Waals surface area (Å²) in [6.07, 6.45) is 0. The molecule has 0 fully saturated rings. The zero-order valence-electron chi connectivity index (χ0n) is 13.7. The van der Waals surface area contributed by atoms with Crippen LogP contribution in [0.4, 0.5) is 15.8 Å². The Morgan fingerprint density at radius 2 is 1.71 bits per heavy atom. The van der Waals surface area contributed by atoms with E-state index in [2.05, 4.69) is 10.6 Å². The molecule has 0 radical (unpaired) electrons. The Hall–Kier alpha value is -2.89. The van der Waals surface area contributed by atoms with Crippen LogP contribution in [0.25, 0.3) is 0 Å². The number of anilines is 2. The van der Waals surface area contributed by atoms with Gasteiger partial charge in [-0.3, -0.25) is 9.59 Å². The van der Waals surface area contributed by atoms with Gasteiger partial charge in [0.1, 0.15) is 0 Å². The van der Waals surface area contributed by atoms with Gasteiger partial charge in [-0.05, 0) is 36.4 Å². The van der Waals surface area contributed by atoms with Crippen LogP contribution in [0.15, 0.2) is 42.5 Å². The quantitative estimate of drug-likeness (QED) is 0.879. The Bertz CT molecular complexity index is 760. The Morgan fingerprint density at radius 3 is 2.29 bits per heavy atom. The lowest BCUT2D eigenvalue weighted by atomic mass is 10.1. The smallest absolute Gasteiger partial charge is 0.255 e. The number of nitrogens with one attached hydrogen (secondary N) is 2. The molecule has 0 saturated heterocycles. The summed E-state index contributed by atoms with van der Waals surface area (Å²) in [5.41, 5.74) is 1.25. The number of methoxy groups -OCH3 is 1. The highest BCUT2D eigenvalue weighted by atomic mass is 19.1. The predicted octanol–water partition coefficient (Wildman–Crippen LogP) is 3.68. The average molecular weight is 330 g/mol. The molecule has 0 atom stereocenters. The first-order chi connectivity index (χ1) is 11.4. The summed E-state index contributed by atoms with van der Waals surface area (Å²) in [6.45, 7) is 3.58. The van der Waals surface area contributed by atoms with Crippen molar-refractivity contribution in [3.05, 3.63) is 53.8 Å². The summed E-state index contributed by atoms with van der Waals surface area (Å²) in [5, 5.41) is 5.42. The molecular weight excluding hydrogens is 311 g/mol. The van der Waals surface area contributed by atoms with Crippen LogP contribution in [0.5, 0.6) is 5.75 Å². The normalized spacial score (nSPS) is 10.4. The van der Waals surface area contributed by atoms with E-state index >= 15 is 0 Å². The first-order valence-electron chi connectivity index (χ1n) is 7.46. The molecule has 2 rings (SSSR count). The number of halogens is 1. The molecule has 0 unspecified atom stereocenters. The van der Waals surface area contributed by atoms with E-state index in [1.165, 1.54) is 19.2 Å². The first kappa shape index (κ1) is 17.5. The second-order valence-corrected chi connectivity index (χ2v) is 5.53. The van der Waals surface area contributed by atoms with Crippen LogP contribution < -0.4 is 15.4 Å². The van der Waals surface area contributed by atoms with Crippen molar-refractivity contribution in [3.63, 3.8) is 0 Å². The number of carbonyl (C=O) groups is 2. The number of rotatable bonds is 5. The number of hydrogen-bond acceptors (Lipinski definition) is 3. The molecule has 0 aliphatic heterocycles. The summed E-state index contributed by atoms with van der Waals surface area (Å²) in [7, 11) is 1.36. The van der Waals surface area contributed by atoms with Crippen molar-refractivity contribution < 1.29 is 18.7 Å². The van der Waals surface area contributed by atoms with Crippen molar-refractivity contribution in [1.29, 1.82) is 0 Å². The highest BCUT2D eigenvalue weighted by Crippen LogP contribution is 2.20. The molecule has 5 nitrogen and oxygen atoms in total. The molecule has 0 spiro atoms. The van der Waals surface area contributed by atoms with E-state index in [9.17, 15) is 14.0 Å². The summed E-state index contributed by atoms with van der Waals surface area (Å²) in [6, 6.07) is 10.7. The third-order valence-corrected chi connectivity index (χ3v) is 3.33. The Kier molecular flexibility index (Phi) is 5.52. The maximum Gasteiger partial charge on any atom is 0.255 e. The molecule has 2 aromatic rings. The number of benzene rings is 2. The van der Waals surface area contributed by atoms with E-state index in [-0.39, 0.29) is 23.1 Å². The summed E-state index contributed by atoms with van der Waals surface area (Å²) >= 11 is 0. The van der Waals surface area contributed by atoms with Gasteiger partial charge in [-0.15, -0.1) is 0 Å². The number of amides is 2. The SMILES string of the molecule is COc1ccc(C(=O)Nc2cccc(NC(=O)C(C)C)c2)cc1F. The molecule has 6 heteroatoms. The Morgan fingerprint density at radius 1 is 1.04 bits per heavy atom. The predicted molar refractivity (Wildman–Crippen MR) is 90.8 cm³/mol. The van der Waals surface area contributed by atoms with Gasteiger partial charge in [-0.2, -0.15) is 0 Å². The fourth-order valence-corrected chi connectivity index (χ4v) is 1.97. The molecule has 0 aromatic heterocycles. The van der Waals surface area contributed by atoms with Crippen LogP contribution in [-0.2, 0) is 4.79 Å². The maximum atomic E-state index is 13.7. The van der Waals surface area contributed by atoms with E-state index in [0.29, 0.717) is 11.4 Å². The lowest BCUT2D eigenvalue weighted by molar-refractivity contribution is -0.118. The topological polar surface area (TPSA) is 67.4 Å². The van der Waals surface area contributed by atoms with E-state index < -0.39 is 11.7 Å². The zero-order chi connectivity index (χ0) is 17.7. The number of ether oxygens (including phenoxy) is 1. The maximum absolute atomic E-state index is 13.7. The van der Waals surface area contributed by atoms with Crippen molar-refractivity contribution in [1.82, 2.24) is 0 Å². The van der Waals surface area contributed by atoms with E-state index in [1.807, 2.05) is 0 Å². The summed E-state index contributed by atoms with van der Waals surface area (Å²) < 4.78 is 18.5. The van der Waals surface area contributed by atoms with E-state index in [0.717, 1.165) is 6.07 Å². The minimum absolute atomic E-state index is 0.0740. The summed E-state index contributed by atoms with van der Waals surface area (Å²) in [4.78, 5) is 23.9. The highest BCUT2D eigenvalue weighted by Gasteiger charge is 2.11. The monoisotopic (exact) mass is 330 g/mol. The Balaban J connectivity index is 2.11. The van der Waals surface area contributed by atoms with Crippen LogP contribution in [0, 0.1) is 11.7 Å². The molecular formula is C18H19FN2O3. The second kappa shape index (κ2) is 7.59.